The van der Waals surface area contributed by atoms with Crippen LogP contribution in [0.25, 0.3) is 0 Å². The fourth-order valence-electron chi connectivity index (χ4n) is 2.34. The molecule has 2 rings (SSSR count). The molecule has 0 radical (unpaired) electrons. The van der Waals surface area contributed by atoms with E-state index < -0.39 is 5.82 Å². The summed E-state index contributed by atoms with van der Waals surface area (Å²) in [6.07, 6.45) is 1.03. The van der Waals surface area contributed by atoms with Gasteiger partial charge in [0.05, 0.1) is 23.8 Å². The summed E-state index contributed by atoms with van der Waals surface area (Å²) in [7, 11) is 0. The van der Waals surface area contributed by atoms with Crippen molar-refractivity contribution in [3.05, 3.63) is 33.0 Å². The molecule has 0 spiro atoms. The standard InChI is InChI=1S/C12H15BrClFN2O/c1-6-4-7(5-18-6)12(17-16)8-2-3-9(13)10(14)11(8)15/h2-3,6-7,12,17H,4-5,16H2,1H3. The number of nitrogens with one attached hydrogen (secondary N) is 1. The molecule has 3 N–H and O–H groups in total. The van der Waals surface area contributed by atoms with E-state index in [1.165, 1.54) is 0 Å². The molecule has 0 aliphatic carbocycles. The Labute approximate surface area is 119 Å². The smallest absolute Gasteiger partial charge is 0.147 e. The summed E-state index contributed by atoms with van der Waals surface area (Å²) in [5, 5.41) is 0.0831. The lowest BCUT2D eigenvalue weighted by Crippen LogP contribution is -2.34. The van der Waals surface area contributed by atoms with Crippen molar-refractivity contribution >= 4 is 27.5 Å². The van der Waals surface area contributed by atoms with E-state index in [0.717, 1.165) is 6.42 Å². The molecule has 1 fully saturated rings. The number of halogens is 3. The van der Waals surface area contributed by atoms with E-state index >= 15 is 0 Å². The minimum absolute atomic E-state index is 0.0831. The Kier molecular flexibility index (Phi) is 4.61. The number of hydrogen-bond donors (Lipinski definition) is 2. The highest BCUT2D eigenvalue weighted by atomic mass is 79.9. The molecule has 1 aliphatic heterocycles. The van der Waals surface area contributed by atoms with E-state index in [0.29, 0.717) is 16.6 Å². The van der Waals surface area contributed by atoms with Gasteiger partial charge in [0, 0.05) is 16.0 Å². The zero-order valence-electron chi connectivity index (χ0n) is 9.92. The zero-order valence-corrected chi connectivity index (χ0v) is 12.3. The molecule has 3 nitrogen and oxygen atoms in total. The van der Waals surface area contributed by atoms with Gasteiger partial charge in [-0.05, 0) is 35.3 Å². The predicted octanol–water partition coefficient (Wildman–Crippen LogP) is 3.17. The van der Waals surface area contributed by atoms with Gasteiger partial charge in [0.1, 0.15) is 5.82 Å². The molecule has 0 bridgehead atoms. The highest BCUT2D eigenvalue weighted by Gasteiger charge is 2.32. The Morgan fingerprint density at radius 1 is 1.61 bits per heavy atom. The Hall–Kier alpha value is -0.200. The maximum atomic E-state index is 14.2. The van der Waals surface area contributed by atoms with Crippen LogP contribution >= 0.6 is 27.5 Å². The molecule has 1 heterocycles. The van der Waals surface area contributed by atoms with Gasteiger partial charge in [0.25, 0.3) is 0 Å². The first-order chi connectivity index (χ1) is 8.54. The third-order valence-corrected chi connectivity index (χ3v) is 4.54. The van der Waals surface area contributed by atoms with Crippen molar-refractivity contribution in [3.63, 3.8) is 0 Å². The monoisotopic (exact) mass is 336 g/mol. The Bertz CT molecular complexity index is 446. The number of nitrogens with two attached hydrogens (primary N) is 1. The first-order valence-corrected chi connectivity index (χ1v) is 6.92. The van der Waals surface area contributed by atoms with Crippen LogP contribution in [0.5, 0.6) is 0 Å². The van der Waals surface area contributed by atoms with E-state index in [9.17, 15) is 4.39 Å². The molecule has 3 atom stereocenters. The first-order valence-electron chi connectivity index (χ1n) is 5.75. The third-order valence-electron chi connectivity index (χ3n) is 3.28. The lowest BCUT2D eigenvalue weighted by molar-refractivity contribution is 0.116. The van der Waals surface area contributed by atoms with Crippen LogP contribution in [0.4, 0.5) is 4.39 Å². The summed E-state index contributed by atoms with van der Waals surface area (Å²) in [5.74, 6) is 5.27. The fourth-order valence-corrected chi connectivity index (χ4v) is 2.82. The summed E-state index contributed by atoms with van der Waals surface area (Å²) in [4.78, 5) is 0. The quantitative estimate of drug-likeness (QED) is 0.506. The number of rotatable bonds is 3. The molecular weight excluding hydrogens is 323 g/mol. The van der Waals surface area contributed by atoms with Crippen molar-refractivity contribution in [3.8, 4) is 0 Å². The summed E-state index contributed by atoms with van der Waals surface area (Å²) in [6, 6.07) is 3.13. The number of ether oxygens (including phenoxy) is 1. The SMILES string of the molecule is CC1CC(C(NN)c2ccc(Br)c(Cl)c2F)CO1. The first kappa shape index (κ1) is 14.2. The largest absolute Gasteiger partial charge is 0.378 e. The molecule has 0 saturated carbocycles. The van der Waals surface area contributed by atoms with Gasteiger partial charge in [-0.15, -0.1) is 0 Å². The van der Waals surface area contributed by atoms with Gasteiger partial charge in [0.2, 0.25) is 0 Å². The number of hydrogen-bond acceptors (Lipinski definition) is 3. The molecule has 0 aromatic heterocycles. The van der Waals surface area contributed by atoms with Crippen molar-refractivity contribution in [1.82, 2.24) is 5.43 Å². The molecule has 1 aromatic carbocycles. The molecule has 0 amide bonds. The number of hydrazine groups is 1. The normalized spacial score (nSPS) is 25.4. The lowest BCUT2D eigenvalue weighted by Gasteiger charge is -2.23. The second kappa shape index (κ2) is 5.84. The average molecular weight is 338 g/mol. The van der Waals surface area contributed by atoms with Crippen molar-refractivity contribution in [2.75, 3.05) is 6.61 Å². The molecular formula is C12H15BrClFN2O. The van der Waals surface area contributed by atoms with Crippen molar-refractivity contribution in [2.45, 2.75) is 25.5 Å². The van der Waals surface area contributed by atoms with Crippen molar-refractivity contribution in [1.29, 1.82) is 0 Å². The predicted molar refractivity (Wildman–Crippen MR) is 72.7 cm³/mol. The lowest BCUT2D eigenvalue weighted by atomic mass is 9.91. The summed E-state index contributed by atoms with van der Waals surface area (Å²) < 4.78 is 20.2. The minimum Gasteiger partial charge on any atom is -0.378 e. The van der Waals surface area contributed by atoms with Crippen LogP contribution in [0.2, 0.25) is 5.02 Å². The van der Waals surface area contributed by atoms with Gasteiger partial charge in [0.15, 0.2) is 0 Å². The van der Waals surface area contributed by atoms with Crippen LogP contribution in [0.1, 0.15) is 24.9 Å². The van der Waals surface area contributed by atoms with Crippen LogP contribution in [0, 0.1) is 11.7 Å². The molecule has 3 unspecified atom stereocenters. The third kappa shape index (κ3) is 2.70. The molecule has 1 aliphatic rings. The maximum absolute atomic E-state index is 14.2. The van der Waals surface area contributed by atoms with Crippen LogP contribution in [0.15, 0.2) is 16.6 Å². The van der Waals surface area contributed by atoms with Crippen molar-refractivity contribution in [2.24, 2.45) is 11.8 Å². The van der Waals surface area contributed by atoms with Crippen LogP contribution in [-0.4, -0.2) is 12.7 Å². The van der Waals surface area contributed by atoms with Crippen LogP contribution in [-0.2, 0) is 4.74 Å². The van der Waals surface area contributed by atoms with Crippen molar-refractivity contribution < 1.29 is 9.13 Å². The van der Waals surface area contributed by atoms with Crippen LogP contribution in [0.3, 0.4) is 0 Å². The Morgan fingerprint density at radius 2 is 2.33 bits per heavy atom. The van der Waals surface area contributed by atoms with E-state index in [2.05, 4.69) is 21.4 Å². The highest BCUT2D eigenvalue weighted by molar-refractivity contribution is 9.10. The van der Waals surface area contributed by atoms with Crippen LogP contribution < -0.4 is 11.3 Å². The van der Waals surface area contributed by atoms with E-state index in [4.69, 9.17) is 22.2 Å². The molecule has 100 valence electrons. The summed E-state index contributed by atoms with van der Waals surface area (Å²) in [5.41, 5.74) is 3.15. The highest BCUT2D eigenvalue weighted by Crippen LogP contribution is 2.36. The van der Waals surface area contributed by atoms with E-state index in [-0.39, 0.29) is 23.1 Å². The van der Waals surface area contributed by atoms with Gasteiger partial charge < -0.3 is 4.74 Å². The second-order valence-electron chi connectivity index (χ2n) is 4.55. The average Bonchev–Trinajstić information content (AvgIpc) is 2.77. The zero-order chi connectivity index (χ0) is 13.3. The van der Waals surface area contributed by atoms with E-state index in [1.54, 1.807) is 12.1 Å². The van der Waals surface area contributed by atoms with Gasteiger partial charge in [-0.25, -0.2) is 4.39 Å². The van der Waals surface area contributed by atoms with Gasteiger partial charge in [-0.1, -0.05) is 17.7 Å². The summed E-state index contributed by atoms with van der Waals surface area (Å²) in [6.45, 7) is 2.57. The van der Waals surface area contributed by atoms with Gasteiger partial charge >= 0.3 is 0 Å². The fraction of sp³-hybridized carbons (Fsp3) is 0.500. The summed E-state index contributed by atoms with van der Waals surface area (Å²) >= 11 is 9.09. The maximum Gasteiger partial charge on any atom is 0.147 e. The van der Waals surface area contributed by atoms with Gasteiger partial charge in [-0.2, -0.15) is 0 Å². The molecule has 6 heteroatoms. The Morgan fingerprint density at radius 3 is 2.89 bits per heavy atom. The molecule has 1 aromatic rings. The molecule has 1 saturated heterocycles. The topological polar surface area (TPSA) is 47.3 Å². The van der Waals surface area contributed by atoms with E-state index in [1.807, 2.05) is 6.92 Å². The van der Waals surface area contributed by atoms with Gasteiger partial charge in [-0.3, -0.25) is 11.3 Å². The second-order valence-corrected chi connectivity index (χ2v) is 5.78. The minimum atomic E-state index is -0.437. The number of benzene rings is 1. The molecule has 18 heavy (non-hydrogen) atoms. The Balaban J connectivity index is 2.30.